The molecule has 2 aliphatic heterocycles. The first-order valence-corrected chi connectivity index (χ1v) is 9.34. The van der Waals surface area contributed by atoms with Crippen molar-refractivity contribution in [3.63, 3.8) is 0 Å². The zero-order valence-corrected chi connectivity index (χ0v) is 12.0. The minimum absolute atomic E-state index is 0.0305. The third kappa shape index (κ3) is 4.44. The van der Waals surface area contributed by atoms with E-state index in [4.69, 9.17) is 0 Å². The van der Waals surface area contributed by atoms with Gasteiger partial charge in [-0.05, 0) is 18.6 Å². The van der Waals surface area contributed by atoms with E-state index in [0.717, 1.165) is 18.6 Å². The SMILES string of the molecule is O=C(CC1CS(=O)(=O)CCN1)NC1CCCSC1. The van der Waals surface area contributed by atoms with Crippen LogP contribution in [0.3, 0.4) is 0 Å². The molecule has 18 heavy (non-hydrogen) atoms. The second-order valence-electron chi connectivity index (χ2n) is 4.95. The highest BCUT2D eigenvalue weighted by Gasteiger charge is 2.26. The van der Waals surface area contributed by atoms with Crippen LogP contribution in [0, 0.1) is 0 Å². The molecule has 2 saturated heterocycles. The molecule has 2 N–H and O–H groups in total. The maximum atomic E-state index is 11.8. The molecular formula is C11H20N2O3S2. The Bertz CT molecular complexity index is 391. The van der Waals surface area contributed by atoms with Crippen molar-refractivity contribution in [2.75, 3.05) is 29.6 Å². The molecule has 2 atom stereocenters. The lowest BCUT2D eigenvalue weighted by molar-refractivity contribution is -0.122. The van der Waals surface area contributed by atoms with Gasteiger partial charge in [0.25, 0.3) is 0 Å². The first-order valence-electron chi connectivity index (χ1n) is 6.36. The lowest BCUT2D eigenvalue weighted by atomic mass is 10.1. The van der Waals surface area contributed by atoms with Gasteiger partial charge in [-0.3, -0.25) is 4.79 Å². The molecule has 5 nitrogen and oxygen atoms in total. The van der Waals surface area contributed by atoms with Gasteiger partial charge in [0.1, 0.15) is 0 Å². The third-order valence-electron chi connectivity index (χ3n) is 3.26. The van der Waals surface area contributed by atoms with Gasteiger partial charge in [-0.15, -0.1) is 0 Å². The van der Waals surface area contributed by atoms with Gasteiger partial charge in [0.15, 0.2) is 9.84 Å². The predicted octanol–water partition coefficient (Wildman–Crippen LogP) is -0.225. The van der Waals surface area contributed by atoms with Gasteiger partial charge >= 0.3 is 0 Å². The summed E-state index contributed by atoms with van der Waals surface area (Å²) in [4.78, 5) is 11.8. The van der Waals surface area contributed by atoms with Crippen molar-refractivity contribution in [3.05, 3.63) is 0 Å². The quantitative estimate of drug-likeness (QED) is 0.752. The summed E-state index contributed by atoms with van der Waals surface area (Å²) in [5.41, 5.74) is 0. The maximum Gasteiger partial charge on any atom is 0.221 e. The third-order valence-corrected chi connectivity index (χ3v) is 6.21. The molecule has 2 unspecified atom stereocenters. The average molecular weight is 292 g/mol. The van der Waals surface area contributed by atoms with Gasteiger partial charge < -0.3 is 10.6 Å². The molecule has 0 saturated carbocycles. The number of hydrogen-bond donors (Lipinski definition) is 2. The summed E-state index contributed by atoms with van der Waals surface area (Å²) in [6.07, 6.45) is 2.45. The molecule has 1 amide bonds. The van der Waals surface area contributed by atoms with Crippen LogP contribution in [0.4, 0.5) is 0 Å². The van der Waals surface area contributed by atoms with Crippen molar-refractivity contribution in [1.29, 1.82) is 0 Å². The van der Waals surface area contributed by atoms with Crippen LogP contribution in [-0.2, 0) is 14.6 Å². The van der Waals surface area contributed by atoms with E-state index in [2.05, 4.69) is 10.6 Å². The molecule has 0 aromatic carbocycles. The average Bonchev–Trinajstić information content (AvgIpc) is 2.28. The number of rotatable bonds is 3. The van der Waals surface area contributed by atoms with E-state index in [9.17, 15) is 13.2 Å². The van der Waals surface area contributed by atoms with Crippen molar-refractivity contribution in [3.8, 4) is 0 Å². The van der Waals surface area contributed by atoms with Crippen molar-refractivity contribution >= 4 is 27.5 Å². The Morgan fingerprint density at radius 1 is 1.44 bits per heavy atom. The monoisotopic (exact) mass is 292 g/mol. The number of carbonyl (C=O) groups excluding carboxylic acids is 1. The molecule has 0 radical (unpaired) electrons. The van der Waals surface area contributed by atoms with E-state index < -0.39 is 9.84 Å². The minimum atomic E-state index is -2.96. The zero-order valence-electron chi connectivity index (χ0n) is 10.4. The molecule has 0 aromatic rings. The number of thioether (sulfide) groups is 1. The molecule has 2 rings (SSSR count). The van der Waals surface area contributed by atoms with Crippen LogP contribution in [0.25, 0.3) is 0 Å². The van der Waals surface area contributed by atoms with Crippen LogP contribution in [0.2, 0.25) is 0 Å². The summed E-state index contributed by atoms with van der Waals surface area (Å²) in [7, 11) is -2.96. The molecule has 7 heteroatoms. The molecule has 0 spiro atoms. The normalized spacial score (nSPS) is 31.8. The minimum Gasteiger partial charge on any atom is -0.352 e. The summed E-state index contributed by atoms with van der Waals surface area (Å²) >= 11 is 1.86. The first-order chi connectivity index (χ1) is 8.55. The Morgan fingerprint density at radius 2 is 2.28 bits per heavy atom. The van der Waals surface area contributed by atoms with Crippen LogP contribution in [-0.4, -0.2) is 56.0 Å². The highest BCUT2D eigenvalue weighted by Crippen LogP contribution is 2.17. The number of amides is 1. The van der Waals surface area contributed by atoms with Crippen molar-refractivity contribution in [1.82, 2.24) is 10.6 Å². The van der Waals surface area contributed by atoms with Gasteiger partial charge in [-0.2, -0.15) is 11.8 Å². The van der Waals surface area contributed by atoms with Crippen molar-refractivity contribution in [2.24, 2.45) is 0 Å². The molecule has 2 heterocycles. The zero-order chi connectivity index (χ0) is 13.0. The Hall–Kier alpha value is -0.270. The fourth-order valence-electron chi connectivity index (χ4n) is 2.36. The molecule has 0 aliphatic carbocycles. The number of carbonyl (C=O) groups is 1. The molecule has 0 aromatic heterocycles. The van der Waals surface area contributed by atoms with Crippen LogP contribution >= 0.6 is 11.8 Å². The Labute approximate surface area is 112 Å². The highest BCUT2D eigenvalue weighted by molar-refractivity contribution is 7.99. The fraction of sp³-hybridized carbons (Fsp3) is 0.909. The molecular weight excluding hydrogens is 272 g/mol. The molecule has 2 fully saturated rings. The lowest BCUT2D eigenvalue weighted by Crippen LogP contribution is -2.48. The smallest absolute Gasteiger partial charge is 0.221 e. The van der Waals surface area contributed by atoms with Gasteiger partial charge in [0.05, 0.1) is 11.5 Å². The van der Waals surface area contributed by atoms with E-state index in [1.807, 2.05) is 11.8 Å². The Balaban J connectivity index is 1.76. The van der Waals surface area contributed by atoms with Crippen LogP contribution in [0.5, 0.6) is 0 Å². The van der Waals surface area contributed by atoms with Gasteiger partial charge in [0.2, 0.25) is 5.91 Å². The Kier molecular flexibility index (Phi) is 4.91. The lowest BCUT2D eigenvalue weighted by Gasteiger charge is -2.26. The second kappa shape index (κ2) is 6.25. The second-order valence-corrected chi connectivity index (χ2v) is 8.33. The van der Waals surface area contributed by atoms with Crippen molar-refractivity contribution < 1.29 is 13.2 Å². The van der Waals surface area contributed by atoms with E-state index >= 15 is 0 Å². The highest BCUT2D eigenvalue weighted by atomic mass is 32.2. The number of hydrogen-bond acceptors (Lipinski definition) is 5. The molecule has 0 bridgehead atoms. The van der Waals surface area contributed by atoms with Gasteiger partial charge in [-0.1, -0.05) is 0 Å². The number of nitrogens with one attached hydrogen (secondary N) is 2. The maximum absolute atomic E-state index is 11.8. The standard InChI is InChI=1S/C11H20N2O3S2/c14-11(13-9-2-1-4-17-7-9)6-10-8-18(15,16)5-3-12-10/h9-10,12H,1-8H2,(H,13,14). The summed E-state index contributed by atoms with van der Waals surface area (Å²) < 4.78 is 22.9. The predicted molar refractivity (Wildman–Crippen MR) is 73.6 cm³/mol. The Morgan fingerprint density at radius 3 is 2.94 bits per heavy atom. The summed E-state index contributed by atoms with van der Waals surface area (Å²) in [6.45, 7) is 0.458. The van der Waals surface area contributed by atoms with Gasteiger partial charge in [0, 0.05) is 30.8 Å². The van der Waals surface area contributed by atoms with E-state index in [1.54, 1.807) is 0 Å². The van der Waals surface area contributed by atoms with Gasteiger partial charge in [-0.25, -0.2) is 8.42 Å². The molecule has 2 aliphatic rings. The first kappa shape index (κ1) is 14.1. The van der Waals surface area contributed by atoms with E-state index in [1.165, 1.54) is 5.75 Å². The topological polar surface area (TPSA) is 75.3 Å². The van der Waals surface area contributed by atoms with E-state index in [-0.39, 0.29) is 35.9 Å². The van der Waals surface area contributed by atoms with Crippen LogP contribution < -0.4 is 10.6 Å². The van der Waals surface area contributed by atoms with Crippen molar-refractivity contribution in [2.45, 2.75) is 31.3 Å². The number of sulfone groups is 1. The van der Waals surface area contributed by atoms with Crippen LogP contribution in [0.1, 0.15) is 19.3 Å². The largest absolute Gasteiger partial charge is 0.352 e. The summed E-state index contributed by atoms with van der Waals surface area (Å²) in [5.74, 6) is 2.39. The summed E-state index contributed by atoms with van der Waals surface area (Å²) in [6, 6.07) is 0.0384. The summed E-state index contributed by atoms with van der Waals surface area (Å²) in [5, 5.41) is 6.10. The van der Waals surface area contributed by atoms with Crippen LogP contribution in [0.15, 0.2) is 0 Å². The molecule has 104 valence electrons. The van der Waals surface area contributed by atoms with E-state index in [0.29, 0.717) is 6.54 Å². The fourth-order valence-corrected chi connectivity index (χ4v) is 4.88.